The Morgan fingerprint density at radius 3 is 2.69 bits per heavy atom. The Kier molecular flexibility index (Phi) is 5.00. The van der Waals surface area contributed by atoms with Gasteiger partial charge in [-0.3, -0.25) is 19.0 Å². The third-order valence-corrected chi connectivity index (χ3v) is 5.01. The fourth-order valence-electron chi connectivity index (χ4n) is 2.75. The van der Waals surface area contributed by atoms with Gasteiger partial charge in [-0.25, -0.2) is 9.79 Å². The molecule has 0 radical (unpaired) electrons. The standard InChI is InChI=1S/C19H14N4O5S/c1-22-16(18(26)28-21-22)15(24)11-29-19-20-14(10-13-8-5-9-27-13)17(25)23(19)12-6-3-2-4-7-12/h2-10H,11H2,1H3/p+1/b14-10+. The third kappa shape index (κ3) is 3.69. The number of aromatic nitrogens is 2. The van der Waals surface area contributed by atoms with Crippen LogP contribution in [0.5, 0.6) is 0 Å². The second-order valence-electron chi connectivity index (χ2n) is 6.02. The zero-order valence-corrected chi connectivity index (χ0v) is 16.0. The Morgan fingerprint density at radius 2 is 2.03 bits per heavy atom. The summed E-state index contributed by atoms with van der Waals surface area (Å²) in [5.41, 5.74) is -0.0582. The summed E-state index contributed by atoms with van der Waals surface area (Å²) in [4.78, 5) is 42.9. The van der Waals surface area contributed by atoms with Gasteiger partial charge >= 0.3 is 11.3 Å². The number of anilines is 1. The summed E-state index contributed by atoms with van der Waals surface area (Å²) >= 11 is 1.06. The van der Waals surface area contributed by atoms with Crippen molar-refractivity contribution < 1.29 is 23.2 Å². The van der Waals surface area contributed by atoms with Crippen LogP contribution in [0.1, 0.15) is 16.2 Å². The minimum atomic E-state index is -0.749. The van der Waals surface area contributed by atoms with Crippen LogP contribution < -0.4 is 15.2 Å². The Balaban J connectivity index is 1.63. The number of thioether (sulfide) groups is 1. The number of carbonyl (C=O) groups excluding carboxylic acids is 2. The molecule has 10 heteroatoms. The van der Waals surface area contributed by atoms with E-state index in [4.69, 9.17) is 4.42 Å². The number of furan rings is 1. The van der Waals surface area contributed by atoms with Gasteiger partial charge in [-0.05, 0) is 29.5 Å². The molecule has 0 aliphatic carbocycles. The average molecular weight is 411 g/mol. The monoisotopic (exact) mass is 411 g/mol. The number of amides is 1. The molecule has 0 saturated heterocycles. The molecular formula is C19H15N4O5S+. The highest BCUT2D eigenvalue weighted by Gasteiger charge is 2.34. The van der Waals surface area contributed by atoms with E-state index in [1.807, 2.05) is 6.07 Å². The summed E-state index contributed by atoms with van der Waals surface area (Å²) in [5.74, 6) is -0.391. The molecule has 0 bridgehead atoms. The van der Waals surface area contributed by atoms with Crippen molar-refractivity contribution in [2.45, 2.75) is 0 Å². The minimum absolute atomic E-state index is 0.0973. The topological polar surface area (TPSA) is 113 Å². The van der Waals surface area contributed by atoms with Gasteiger partial charge in [-0.2, -0.15) is 0 Å². The SMILES string of the molecule is C[n+]1[nH]oc(=O)c1C(=O)CSC1=N/C(=C/c2ccco2)C(=O)N1c1ccccc1. The maximum absolute atomic E-state index is 13.0. The number of nitrogens with one attached hydrogen (secondary N) is 1. The molecule has 3 aromatic rings. The normalized spacial score (nSPS) is 15.2. The van der Waals surface area contributed by atoms with E-state index in [9.17, 15) is 14.4 Å². The van der Waals surface area contributed by atoms with Crippen molar-refractivity contribution >= 4 is 40.4 Å². The van der Waals surface area contributed by atoms with Crippen LogP contribution in [-0.4, -0.2) is 27.9 Å². The second kappa shape index (κ2) is 7.76. The smallest absolute Gasteiger partial charge is 0.438 e. The van der Waals surface area contributed by atoms with Gasteiger partial charge < -0.3 is 4.42 Å². The van der Waals surface area contributed by atoms with Crippen LogP contribution in [0, 0.1) is 0 Å². The lowest BCUT2D eigenvalue weighted by atomic mass is 10.2. The Bertz CT molecular complexity index is 1170. The molecule has 4 rings (SSSR count). The molecule has 9 nitrogen and oxygen atoms in total. The minimum Gasteiger partial charge on any atom is -0.465 e. The molecule has 0 spiro atoms. The molecule has 1 aliphatic rings. The number of carbonyl (C=O) groups is 2. The highest BCUT2D eigenvalue weighted by atomic mass is 32.2. The molecule has 0 saturated carbocycles. The van der Waals surface area contributed by atoms with Gasteiger partial charge in [0.25, 0.3) is 5.91 Å². The molecule has 146 valence electrons. The number of Topliss-reactive ketones (excluding diaryl/α,β-unsaturated/α-hetero) is 1. The van der Waals surface area contributed by atoms with Crippen molar-refractivity contribution in [3.63, 3.8) is 0 Å². The number of aryl methyl sites for hydroxylation is 1. The van der Waals surface area contributed by atoms with Crippen molar-refractivity contribution in [2.75, 3.05) is 10.7 Å². The predicted molar refractivity (Wildman–Crippen MR) is 105 cm³/mol. The molecule has 1 aliphatic heterocycles. The number of aromatic amines is 1. The number of para-hydroxylation sites is 1. The molecule has 0 unspecified atom stereocenters. The largest absolute Gasteiger partial charge is 0.465 e. The molecule has 1 N–H and O–H groups in total. The zero-order chi connectivity index (χ0) is 20.4. The number of aliphatic imine (C=N–C) groups is 1. The van der Waals surface area contributed by atoms with Crippen molar-refractivity contribution in [3.8, 4) is 0 Å². The van der Waals surface area contributed by atoms with E-state index in [0.29, 0.717) is 16.6 Å². The first-order chi connectivity index (χ1) is 14.0. The van der Waals surface area contributed by atoms with Crippen LogP contribution in [0.25, 0.3) is 6.08 Å². The first kappa shape index (κ1) is 18.7. The average Bonchev–Trinajstić information content (AvgIpc) is 3.42. The quantitative estimate of drug-likeness (QED) is 0.389. The van der Waals surface area contributed by atoms with Gasteiger partial charge in [0.15, 0.2) is 12.2 Å². The number of nitrogens with zero attached hydrogens (tertiary/aromatic N) is 3. The molecule has 29 heavy (non-hydrogen) atoms. The predicted octanol–water partition coefficient (Wildman–Crippen LogP) is 1.75. The van der Waals surface area contributed by atoms with Crippen LogP contribution in [0.4, 0.5) is 5.69 Å². The number of hydrogen-bond donors (Lipinski definition) is 1. The Labute approximate surface area is 168 Å². The van der Waals surface area contributed by atoms with Gasteiger partial charge in [0.05, 0.1) is 17.7 Å². The maximum atomic E-state index is 13.0. The number of H-pyrrole nitrogens is 1. The van der Waals surface area contributed by atoms with Crippen molar-refractivity contribution in [3.05, 3.63) is 76.3 Å². The Morgan fingerprint density at radius 1 is 1.24 bits per heavy atom. The number of benzene rings is 1. The lowest BCUT2D eigenvalue weighted by Crippen LogP contribution is -2.40. The lowest BCUT2D eigenvalue weighted by molar-refractivity contribution is -0.741. The summed E-state index contributed by atoms with van der Waals surface area (Å²) in [6, 6.07) is 12.4. The molecule has 2 aromatic heterocycles. The van der Waals surface area contributed by atoms with E-state index in [0.717, 1.165) is 11.8 Å². The zero-order valence-electron chi connectivity index (χ0n) is 15.2. The van der Waals surface area contributed by atoms with E-state index in [1.165, 1.54) is 29.0 Å². The summed E-state index contributed by atoms with van der Waals surface area (Å²) < 4.78 is 11.1. The van der Waals surface area contributed by atoms with Crippen molar-refractivity contribution in [1.29, 1.82) is 0 Å². The van der Waals surface area contributed by atoms with Crippen LogP contribution in [0.15, 0.2) is 73.2 Å². The first-order valence-electron chi connectivity index (χ1n) is 8.51. The van der Waals surface area contributed by atoms with Gasteiger partial charge in [0.2, 0.25) is 5.78 Å². The number of rotatable bonds is 5. The summed E-state index contributed by atoms with van der Waals surface area (Å²) in [6.07, 6.45) is 3.04. The Hall–Kier alpha value is -3.66. The fraction of sp³-hybridized carbons (Fsp3) is 0.105. The molecule has 1 amide bonds. The van der Waals surface area contributed by atoms with E-state index < -0.39 is 11.4 Å². The van der Waals surface area contributed by atoms with Gasteiger partial charge in [-0.1, -0.05) is 34.6 Å². The maximum Gasteiger partial charge on any atom is 0.438 e. The van der Waals surface area contributed by atoms with E-state index >= 15 is 0 Å². The molecule has 1 aromatic carbocycles. The van der Waals surface area contributed by atoms with Crippen LogP contribution in [0.2, 0.25) is 0 Å². The second-order valence-corrected chi connectivity index (χ2v) is 6.96. The van der Waals surface area contributed by atoms with E-state index in [2.05, 4.69) is 14.8 Å². The van der Waals surface area contributed by atoms with Gasteiger partial charge in [0.1, 0.15) is 11.5 Å². The third-order valence-electron chi connectivity index (χ3n) is 4.07. The van der Waals surface area contributed by atoms with Crippen LogP contribution >= 0.6 is 11.8 Å². The number of ketones is 1. The molecular weight excluding hydrogens is 396 g/mol. The molecule has 3 heterocycles. The van der Waals surface area contributed by atoms with E-state index in [-0.39, 0.29) is 23.1 Å². The van der Waals surface area contributed by atoms with Crippen LogP contribution in [0.3, 0.4) is 0 Å². The summed E-state index contributed by atoms with van der Waals surface area (Å²) in [6.45, 7) is 0. The highest BCUT2D eigenvalue weighted by Crippen LogP contribution is 2.29. The number of amidine groups is 1. The van der Waals surface area contributed by atoms with Crippen molar-refractivity contribution in [2.24, 2.45) is 12.0 Å². The van der Waals surface area contributed by atoms with Crippen molar-refractivity contribution in [1.82, 2.24) is 5.27 Å². The summed E-state index contributed by atoms with van der Waals surface area (Å²) in [7, 11) is 1.50. The number of hydrogen-bond acceptors (Lipinski definition) is 7. The highest BCUT2D eigenvalue weighted by molar-refractivity contribution is 8.14. The lowest BCUT2D eigenvalue weighted by Gasteiger charge is -2.17. The van der Waals surface area contributed by atoms with Crippen LogP contribution in [-0.2, 0) is 11.8 Å². The van der Waals surface area contributed by atoms with Gasteiger partial charge in [-0.15, -0.1) is 0 Å². The van der Waals surface area contributed by atoms with E-state index in [1.54, 1.807) is 36.4 Å². The van der Waals surface area contributed by atoms with Gasteiger partial charge in [0, 0.05) is 6.08 Å². The fourth-order valence-corrected chi connectivity index (χ4v) is 3.62. The molecule has 0 fully saturated rings. The first-order valence-corrected chi connectivity index (χ1v) is 9.50. The molecule has 0 atom stereocenters. The summed E-state index contributed by atoms with van der Waals surface area (Å²) in [5, 5.41) is 2.63.